The lowest BCUT2D eigenvalue weighted by atomic mass is 10.1. The summed E-state index contributed by atoms with van der Waals surface area (Å²) in [7, 11) is -4.07. The second-order valence-electron chi connectivity index (χ2n) is 5.80. The van der Waals surface area contributed by atoms with E-state index in [0.717, 1.165) is 24.3 Å². The lowest BCUT2D eigenvalue weighted by Gasteiger charge is -2.27. The van der Waals surface area contributed by atoms with E-state index in [9.17, 15) is 22.1 Å². The van der Waals surface area contributed by atoms with Gasteiger partial charge in [0.2, 0.25) is 0 Å². The summed E-state index contributed by atoms with van der Waals surface area (Å²) in [6.07, 6.45) is -7.30. The highest BCUT2D eigenvalue weighted by Gasteiger charge is 2.47. The summed E-state index contributed by atoms with van der Waals surface area (Å²) in [5.41, 5.74) is -0.323. The second-order valence-corrected chi connectivity index (χ2v) is 8.15. The highest BCUT2D eigenvalue weighted by molar-refractivity contribution is 7.74. The molecule has 3 aromatic rings. The van der Waals surface area contributed by atoms with Crippen LogP contribution in [0.15, 0.2) is 84.9 Å². The quantitative estimate of drug-likeness (QED) is 0.429. The van der Waals surface area contributed by atoms with E-state index in [2.05, 4.69) is 0 Å². The van der Waals surface area contributed by atoms with Crippen molar-refractivity contribution in [2.45, 2.75) is 12.3 Å². The first kappa shape index (κ1) is 19.3. The van der Waals surface area contributed by atoms with Crippen molar-refractivity contribution >= 4 is 18.0 Å². The van der Waals surface area contributed by atoms with Crippen LogP contribution in [0, 0.1) is 5.82 Å². The number of rotatable bonds is 5. The van der Waals surface area contributed by atoms with Crippen molar-refractivity contribution in [3.63, 3.8) is 0 Å². The van der Waals surface area contributed by atoms with Crippen LogP contribution < -0.4 is 10.6 Å². The molecule has 0 bridgehead atoms. The summed E-state index contributed by atoms with van der Waals surface area (Å²) in [6, 6.07) is 19.3. The smallest absolute Gasteiger partial charge is 0.304 e. The maximum atomic E-state index is 13.7. The molecule has 0 saturated carbocycles. The Hall–Kier alpha value is -2.43. The van der Waals surface area contributed by atoms with Crippen LogP contribution in [0.1, 0.15) is 11.7 Å². The summed E-state index contributed by atoms with van der Waals surface area (Å²) < 4.78 is 73.3. The fraction of sp³-hybridized carbons (Fsp3) is 0.100. The minimum absolute atomic E-state index is 0.146. The van der Waals surface area contributed by atoms with Gasteiger partial charge < -0.3 is 4.52 Å². The number of hydrogen-bond donors (Lipinski definition) is 0. The van der Waals surface area contributed by atoms with Gasteiger partial charge in [-0.25, -0.2) is 4.39 Å². The zero-order chi connectivity index (χ0) is 19.5. The van der Waals surface area contributed by atoms with Gasteiger partial charge in [0.05, 0.1) is 0 Å². The van der Waals surface area contributed by atoms with Crippen LogP contribution in [-0.4, -0.2) is 6.18 Å². The third kappa shape index (κ3) is 4.29. The fourth-order valence-electron chi connectivity index (χ4n) is 2.61. The summed E-state index contributed by atoms with van der Waals surface area (Å²) >= 11 is 0. The van der Waals surface area contributed by atoms with Crippen molar-refractivity contribution in [3.05, 3.63) is 96.3 Å². The first-order chi connectivity index (χ1) is 12.8. The second kappa shape index (κ2) is 7.67. The van der Waals surface area contributed by atoms with Crippen LogP contribution in [0.5, 0.6) is 0 Å². The van der Waals surface area contributed by atoms with Crippen molar-refractivity contribution in [3.8, 4) is 0 Å². The van der Waals surface area contributed by atoms with Crippen molar-refractivity contribution < 1.29 is 26.7 Å². The van der Waals surface area contributed by atoms with Crippen LogP contribution in [-0.2, 0) is 9.09 Å². The highest BCUT2D eigenvalue weighted by atomic mass is 31.2. The monoisotopic (exact) mass is 394 g/mol. The largest absolute Gasteiger partial charge is 0.419 e. The maximum absolute atomic E-state index is 13.7. The predicted molar refractivity (Wildman–Crippen MR) is 96.0 cm³/mol. The van der Waals surface area contributed by atoms with Crippen LogP contribution in [0.4, 0.5) is 17.6 Å². The van der Waals surface area contributed by atoms with Gasteiger partial charge in [-0.2, -0.15) is 13.2 Å². The Morgan fingerprint density at radius 3 is 1.59 bits per heavy atom. The Labute approximate surface area is 153 Å². The number of hydrogen-bond acceptors (Lipinski definition) is 2. The average molecular weight is 394 g/mol. The van der Waals surface area contributed by atoms with Gasteiger partial charge in [-0.1, -0.05) is 48.5 Å². The molecule has 0 aromatic heterocycles. The predicted octanol–water partition coefficient (Wildman–Crippen LogP) is 5.37. The molecule has 0 saturated heterocycles. The minimum Gasteiger partial charge on any atom is -0.304 e. The third-order valence-electron chi connectivity index (χ3n) is 3.92. The lowest BCUT2D eigenvalue weighted by molar-refractivity contribution is -0.197. The number of halogens is 4. The molecule has 0 aliphatic carbocycles. The van der Waals surface area contributed by atoms with Crippen molar-refractivity contribution in [1.29, 1.82) is 0 Å². The Balaban J connectivity index is 2.12. The van der Waals surface area contributed by atoms with Crippen LogP contribution >= 0.6 is 7.37 Å². The van der Waals surface area contributed by atoms with Crippen molar-refractivity contribution in [2.24, 2.45) is 0 Å². The molecule has 0 radical (unpaired) electrons. The van der Waals surface area contributed by atoms with Gasteiger partial charge in [0.15, 0.2) is 6.10 Å². The van der Waals surface area contributed by atoms with Crippen LogP contribution in [0.2, 0.25) is 0 Å². The molecule has 0 heterocycles. The van der Waals surface area contributed by atoms with E-state index in [1.165, 1.54) is 24.3 Å². The van der Waals surface area contributed by atoms with E-state index >= 15 is 0 Å². The Kier molecular flexibility index (Phi) is 5.49. The van der Waals surface area contributed by atoms with E-state index in [-0.39, 0.29) is 16.2 Å². The van der Waals surface area contributed by atoms with Gasteiger partial charge >= 0.3 is 6.18 Å². The van der Waals surface area contributed by atoms with E-state index in [0.29, 0.717) is 0 Å². The molecule has 1 unspecified atom stereocenters. The Bertz CT molecular complexity index is 882. The van der Waals surface area contributed by atoms with Crippen LogP contribution in [0.3, 0.4) is 0 Å². The highest BCUT2D eigenvalue weighted by Crippen LogP contribution is 2.52. The molecule has 0 aliphatic rings. The summed E-state index contributed by atoms with van der Waals surface area (Å²) in [6.45, 7) is 0. The van der Waals surface area contributed by atoms with Gasteiger partial charge in [0.1, 0.15) is 5.82 Å². The minimum atomic E-state index is -4.84. The van der Waals surface area contributed by atoms with E-state index in [4.69, 9.17) is 4.52 Å². The molecule has 0 amide bonds. The Morgan fingerprint density at radius 2 is 1.19 bits per heavy atom. The van der Waals surface area contributed by atoms with Gasteiger partial charge in [0, 0.05) is 10.6 Å². The topological polar surface area (TPSA) is 26.3 Å². The molecule has 3 aromatic carbocycles. The zero-order valence-electron chi connectivity index (χ0n) is 13.9. The van der Waals surface area contributed by atoms with Gasteiger partial charge in [0.25, 0.3) is 7.37 Å². The third-order valence-corrected chi connectivity index (χ3v) is 6.38. The molecule has 0 spiro atoms. The fourth-order valence-corrected chi connectivity index (χ4v) is 4.82. The lowest BCUT2D eigenvalue weighted by Crippen LogP contribution is -2.27. The standard InChI is InChI=1S/C20H15F4O2P/c21-16-13-11-15(12-14-16)19(20(22,23)24)26-27(25,17-7-3-1-4-8-17)18-9-5-2-6-10-18/h1-14,19H. The molecule has 7 heteroatoms. The first-order valence-corrected chi connectivity index (χ1v) is 9.65. The summed E-state index contributed by atoms with van der Waals surface area (Å²) in [5.74, 6) is -0.672. The van der Waals surface area contributed by atoms with E-state index in [1.54, 1.807) is 36.4 Å². The molecule has 2 nitrogen and oxygen atoms in total. The van der Waals surface area contributed by atoms with Gasteiger partial charge in [-0.15, -0.1) is 0 Å². The molecule has 1 atom stereocenters. The molecular weight excluding hydrogens is 379 g/mol. The summed E-state index contributed by atoms with van der Waals surface area (Å²) in [4.78, 5) is 0. The maximum Gasteiger partial charge on any atom is 0.419 e. The molecule has 0 aliphatic heterocycles. The van der Waals surface area contributed by atoms with E-state index in [1.807, 2.05) is 0 Å². The van der Waals surface area contributed by atoms with Crippen LogP contribution in [0.25, 0.3) is 0 Å². The SMILES string of the molecule is O=P(OC(c1ccc(F)cc1)C(F)(F)F)(c1ccccc1)c1ccccc1. The summed E-state index contributed by atoms with van der Waals surface area (Å²) in [5, 5.41) is 0.292. The molecular formula is C20H15F4O2P. The molecule has 140 valence electrons. The van der Waals surface area contributed by atoms with E-state index < -0.39 is 25.5 Å². The van der Waals surface area contributed by atoms with Crippen molar-refractivity contribution in [1.82, 2.24) is 0 Å². The van der Waals surface area contributed by atoms with Gasteiger partial charge in [-0.05, 0) is 42.0 Å². The molecule has 27 heavy (non-hydrogen) atoms. The molecule has 3 rings (SSSR count). The molecule has 0 fully saturated rings. The Morgan fingerprint density at radius 1 is 0.741 bits per heavy atom. The number of alkyl halides is 3. The normalized spacial score (nSPS) is 13.3. The zero-order valence-corrected chi connectivity index (χ0v) is 14.8. The average Bonchev–Trinajstić information content (AvgIpc) is 2.67. The first-order valence-electron chi connectivity index (χ1n) is 8.02. The van der Waals surface area contributed by atoms with Gasteiger partial charge in [-0.3, -0.25) is 4.57 Å². The molecule has 0 N–H and O–H groups in total. The van der Waals surface area contributed by atoms with Crippen molar-refractivity contribution in [2.75, 3.05) is 0 Å². The number of benzene rings is 3.